The highest BCUT2D eigenvalue weighted by atomic mass is 16.3. The van der Waals surface area contributed by atoms with Gasteiger partial charge in [0.1, 0.15) is 11.8 Å². The number of aliphatic hydroxyl groups excluding tert-OH is 1. The van der Waals surface area contributed by atoms with E-state index in [-0.39, 0.29) is 0 Å². The summed E-state index contributed by atoms with van der Waals surface area (Å²) in [4.78, 5) is 8.57. The maximum Gasteiger partial charge on any atom is 0.199 e. The molecular formula is C20H24N4O. The third-order valence-electron chi connectivity index (χ3n) is 4.25. The molecule has 0 saturated heterocycles. The minimum atomic E-state index is -0.598. The van der Waals surface area contributed by atoms with Crippen molar-refractivity contribution in [3.8, 4) is 11.5 Å². The maximum atomic E-state index is 10.3. The van der Waals surface area contributed by atoms with E-state index in [2.05, 4.69) is 44.4 Å². The molecular weight excluding hydrogens is 312 g/mol. The van der Waals surface area contributed by atoms with Crippen molar-refractivity contribution in [3.05, 3.63) is 66.1 Å². The van der Waals surface area contributed by atoms with E-state index in [1.54, 1.807) is 6.20 Å². The van der Waals surface area contributed by atoms with Crippen molar-refractivity contribution < 1.29 is 5.11 Å². The fraction of sp³-hybridized carbons (Fsp3) is 0.350. The molecule has 0 radical (unpaired) electrons. The summed E-state index contributed by atoms with van der Waals surface area (Å²) in [6, 6.07) is 16.2. The Morgan fingerprint density at radius 1 is 0.920 bits per heavy atom. The summed E-state index contributed by atoms with van der Waals surface area (Å²) in [5, 5.41) is 17.2. The normalized spacial score (nSPS) is 12.2. The molecule has 0 aliphatic heterocycles. The molecule has 0 aliphatic carbocycles. The molecule has 3 aromatic rings. The summed E-state index contributed by atoms with van der Waals surface area (Å²) in [6.07, 6.45) is 7.39. The number of rotatable bonds is 9. The summed E-state index contributed by atoms with van der Waals surface area (Å²) >= 11 is 0. The third-order valence-corrected chi connectivity index (χ3v) is 4.25. The molecule has 0 saturated carbocycles. The molecule has 1 aromatic carbocycles. The topological polar surface area (TPSA) is 74.7 Å². The SMILES string of the molecule is OC(CCCCCCc1ccccc1)c1nc(-c2ccccn2)n[nH]1. The lowest BCUT2D eigenvalue weighted by molar-refractivity contribution is 0.154. The molecule has 1 atom stereocenters. The van der Waals surface area contributed by atoms with E-state index in [1.165, 1.54) is 18.4 Å². The number of benzene rings is 1. The molecule has 25 heavy (non-hydrogen) atoms. The fourth-order valence-corrected chi connectivity index (χ4v) is 2.83. The van der Waals surface area contributed by atoms with Gasteiger partial charge in [-0.3, -0.25) is 10.1 Å². The van der Waals surface area contributed by atoms with Crippen LogP contribution in [0.2, 0.25) is 0 Å². The first kappa shape index (κ1) is 17.3. The summed E-state index contributed by atoms with van der Waals surface area (Å²) in [6.45, 7) is 0. The summed E-state index contributed by atoms with van der Waals surface area (Å²) in [5.74, 6) is 1.04. The number of nitrogens with zero attached hydrogens (tertiary/aromatic N) is 3. The van der Waals surface area contributed by atoms with Crippen molar-refractivity contribution in [2.24, 2.45) is 0 Å². The van der Waals surface area contributed by atoms with Crippen LogP contribution in [0, 0.1) is 0 Å². The Hall–Kier alpha value is -2.53. The summed E-state index contributed by atoms with van der Waals surface area (Å²) < 4.78 is 0. The number of unbranched alkanes of at least 4 members (excludes halogenated alkanes) is 3. The van der Waals surface area contributed by atoms with Crippen LogP contribution in [0.4, 0.5) is 0 Å². The molecule has 0 amide bonds. The van der Waals surface area contributed by atoms with E-state index >= 15 is 0 Å². The predicted molar refractivity (Wildman–Crippen MR) is 97.8 cm³/mol. The first-order valence-corrected chi connectivity index (χ1v) is 8.88. The van der Waals surface area contributed by atoms with Gasteiger partial charge in [0.25, 0.3) is 0 Å². The Labute approximate surface area is 148 Å². The van der Waals surface area contributed by atoms with Crippen LogP contribution < -0.4 is 0 Å². The molecule has 1 unspecified atom stereocenters. The van der Waals surface area contributed by atoms with Gasteiger partial charge >= 0.3 is 0 Å². The second-order valence-corrected chi connectivity index (χ2v) is 6.21. The van der Waals surface area contributed by atoms with E-state index in [0.717, 1.165) is 19.3 Å². The van der Waals surface area contributed by atoms with Gasteiger partial charge in [-0.1, -0.05) is 55.7 Å². The first-order chi connectivity index (χ1) is 12.3. The average molecular weight is 336 g/mol. The van der Waals surface area contributed by atoms with Gasteiger partial charge in [0.05, 0.1) is 0 Å². The monoisotopic (exact) mass is 336 g/mol. The van der Waals surface area contributed by atoms with Gasteiger partial charge in [0, 0.05) is 6.20 Å². The molecule has 3 rings (SSSR count). The van der Waals surface area contributed by atoms with E-state index in [1.807, 2.05) is 24.3 Å². The quantitative estimate of drug-likeness (QED) is 0.577. The van der Waals surface area contributed by atoms with Crippen LogP contribution in [0.5, 0.6) is 0 Å². The average Bonchev–Trinajstić information content (AvgIpc) is 3.16. The first-order valence-electron chi connectivity index (χ1n) is 8.88. The van der Waals surface area contributed by atoms with Crippen LogP contribution >= 0.6 is 0 Å². The van der Waals surface area contributed by atoms with Gasteiger partial charge in [-0.25, -0.2) is 4.98 Å². The zero-order valence-corrected chi connectivity index (χ0v) is 14.3. The molecule has 2 heterocycles. The molecule has 2 aromatic heterocycles. The number of aromatic amines is 1. The van der Waals surface area contributed by atoms with E-state index in [0.29, 0.717) is 23.8 Å². The molecule has 0 bridgehead atoms. The Morgan fingerprint density at radius 2 is 1.72 bits per heavy atom. The van der Waals surface area contributed by atoms with Crippen LogP contribution in [0.1, 0.15) is 49.6 Å². The molecule has 0 fully saturated rings. The lowest BCUT2D eigenvalue weighted by Gasteiger charge is -2.07. The van der Waals surface area contributed by atoms with Crippen molar-refractivity contribution in [3.63, 3.8) is 0 Å². The van der Waals surface area contributed by atoms with Crippen LogP contribution in [0.15, 0.2) is 54.7 Å². The Morgan fingerprint density at radius 3 is 2.52 bits per heavy atom. The van der Waals surface area contributed by atoms with Gasteiger partial charge in [-0.15, -0.1) is 0 Å². The molecule has 2 N–H and O–H groups in total. The third kappa shape index (κ3) is 5.22. The molecule has 5 heteroatoms. The predicted octanol–water partition coefficient (Wildman–Crippen LogP) is 4.09. The summed E-state index contributed by atoms with van der Waals surface area (Å²) in [5.41, 5.74) is 2.10. The van der Waals surface area contributed by atoms with Crippen molar-refractivity contribution in [1.29, 1.82) is 0 Å². The highest BCUT2D eigenvalue weighted by Crippen LogP contribution is 2.19. The molecule has 5 nitrogen and oxygen atoms in total. The van der Waals surface area contributed by atoms with Gasteiger partial charge in [-0.2, -0.15) is 5.10 Å². The number of nitrogens with one attached hydrogen (secondary N) is 1. The van der Waals surface area contributed by atoms with Crippen molar-refractivity contribution in [2.75, 3.05) is 0 Å². The minimum absolute atomic E-state index is 0.518. The van der Waals surface area contributed by atoms with Crippen LogP contribution in [0.25, 0.3) is 11.5 Å². The lowest BCUT2D eigenvalue weighted by Crippen LogP contribution is -2.00. The van der Waals surface area contributed by atoms with Gasteiger partial charge in [0.2, 0.25) is 0 Å². The van der Waals surface area contributed by atoms with E-state index in [4.69, 9.17) is 0 Å². The maximum absolute atomic E-state index is 10.3. The second-order valence-electron chi connectivity index (χ2n) is 6.21. The molecule has 0 aliphatic rings. The number of aliphatic hydroxyl groups is 1. The van der Waals surface area contributed by atoms with E-state index in [9.17, 15) is 5.11 Å². The smallest absolute Gasteiger partial charge is 0.199 e. The van der Waals surface area contributed by atoms with Crippen molar-refractivity contribution >= 4 is 0 Å². The number of H-pyrrole nitrogens is 1. The van der Waals surface area contributed by atoms with E-state index < -0.39 is 6.10 Å². The lowest BCUT2D eigenvalue weighted by atomic mass is 10.0. The Kier molecular flexibility index (Phi) is 6.29. The Bertz CT molecular complexity index is 743. The summed E-state index contributed by atoms with van der Waals surface area (Å²) in [7, 11) is 0. The van der Waals surface area contributed by atoms with Crippen molar-refractivity contribution in [1.82, 2.24) is 20.2 Å². The standard InChI is InChI=1S/C20H24N4O/c25-18(14-7-2-1-4-10-16-11-5-3-6-12-16)20-22-19(23-24-20)17-13-8-9-15-21-17/h3,5-6,8-9,11-13,15,18,25H,1-2,4,7,10,14H2,(H,22,23,24). The van der Waals surface area contributed by atoms with Crippen LogP contribution in [-0.2, 0) is 6.42 Å². The number of pyridine rings is 1. The number of aromatic nitrogens is 4. The van der Waals surface area contributed by atoms with Crippen LogP contribution in [-0.4, -0.2) is 25.3 Å². The van der Waals surface area contributed by atoms with Crippen molar-refractivity contribution in [2.45, 2.75) is 44.6 Å². The highest BCUT2D eigenvalue weighted by molar-refractivity contribution is 5.47. The van der Waals surface area contributed by atoms with Gasteiger partial charge in [0.15, 0.2) is 11.6 Å². The highest BCUT2D eigenvalue weighted by Gasteiger charge is 2.14. The zero-order valence-electron chi connectivity index (χ0n) is 14.3. The molecule has 130 valence electrons. The van der Waals surface area contributed by atoms with Gasteiger partial charge in [-0.05, 0) is 37.0 Å². The zero-order chi connectivity index (χ0) is 17.3. The second kappa shape index (κ2) is 9.08. The Balaban J connectivity index is 1.37. The number of hydrogen-bond acceptors (Lipinski definition) is 4. The molecule has 0 spiro atoms. The number of aryl methyl sites for hydroxylation is 1. The van der Waals surface area contributed by atoms with Gasteiger partial charge < -0.3 is 5.11 Å². The largest absolute Gasteiger partial charge is 0.385 e. The van der Waals surface area contributed by atoms with Crippen LogP contribution in [0.3, 0.4) is 0 Å². The fourth-order valence-electron chi connectivity index (χ4n) is 2.83. The number of hydrogen-bond donors (Lipinski definition) is 2. The minimum Gasteiger partial charge on any atom is -0.385 e.